The number of fused-ring (bicyclic) bond motifs is 1. The Morgan fingerprint density at radius 1 is 0.854 bits per heavy atom. The number of hydrogen-bond acceptors (Lipinski definition) is 7. The fourth-order valence-electron chi connectivity index (χ4n) is 5.97. The second kappa shape index (κ2) is 13.4. The van der Waals surface area contributed by atoms with E-state index in [1.807, 2.05) is 77.4 Å². The van der Waals surface area contributed by atoms with Crippen molar-refractivity contribution in [2.45, 2.75) is 62.9 Å². The number of methoxy groups -OCH3 is 2. The van der Waals surface area contributed by atoms with E-state index < -0.39 is 26.3 Å². The lowest BCUT2D eigenvalue weighted by molar-refractivity contribution is -0.0911. The maximum Gasteiger partial charge on any atom is 0.276 e. The summed E-state index contributed by atoms with van der Waals surface area (Å²) in [4.78, 5) is 19.6. The normalized spacial score (nSPS) is 18.7. The largest absolute Gasteiger partial charge is 0.497 e. The van der Waals surface area contributed by atoms with Crippen LogP contribution in [0.2, 0.25) is 18.1 Å². The molecule has 0 aliphatic carbocycles. The highest BCUT2D eigenvalue weighted by molar-refractivity contribution is 6.74. The quantitative estimate of drug-likeness (QED) is 0.117. The third-order valence-electron chi connectivity index (χ3n) is 9.69. The minimum absolute atomic E-state index is 0.0285. The lowest BCUT2D eigenvalue weighted by Gasteiger charge is -2.40. The summed E-state index contributed by atoms with van der Waals surface area (Å²) in [6.07, 6.45) is 3.98. The number of ether oxygens (including phenoxy) is 4. The first-order valence-corrected chi connectivity index (χ1v) is 19.1. The summed E-state index contributed by atoms with van der Waals surface area (Å²) in [6.45, 7) is 11.3. The number of benzene rings is 3. The van der Waals surface area contributed by atoms with Gasteiger partial charge in [-0.15, -0.1) is 0 Å². The summed E-state index contributed by atoms with van der Waals surface area (Å²) in [5.74, 6) is 1.50. The zero-order valence-corrected chi connectivity index (χ0v) is 29.6. The maximum absolute atomic E-state index is 12.5. The molecule has 1 aliphatic rings. The number of imidazole rings is 1. The van der Waals surface area contributed by atoms with Gasteiger partial charge < -0.3 is 32.9 Å². The summed E-state index contributed by atoms with van der Waals surface area (Å²) in [5, 5.41) is -0.0285. The molecule has 0 saturated carbocycles. The lowest BCUT2D eigenvalue weighted by Crippen LogP contribution is -2.47. The molecule has 0 amide bonds. The third kappa shape index (κ3) is 6.33. The van der Waals surface area contributed by atoms with Gasteiger partial charge >= 0.3 is 0 Å². The molecule has 1 aliphatic heterocycles. The number of nitrogens with one attached hydrogen (secondary N) is 1. The zero-order chi connectivity index (χ0) is 34.1. The van der Waals surface area contributed by atoms with Gasteiger partial charge in [0.1, 0.15) is 29.4 Å². The van der Waals surface area contributed by atoms with E-state index in [1.54, 1.807) is 26.7 Å². The third-order valence-corrected chi connectivity index (χ3v) is 14.2. The minimum Gasteiger partial charge on any atom is -0.497 e. The van der Waals surface area contributed by atoms with Crippen molar-refractivity contribution in [2.24, 2.45) is 0 Å². The molecule has 1 N–H and O–H groups in total. The van der Waals surface area contributed by atoms with Gasteiger partial charge in [-0.1, -0.05) is 75.4 Å². The van der Waals surface area contributed by atoms with Crippen LogP contribution in [-0.2, 0) is 19.5 Å². The molecule has 6 rings (SSSR count). The van der Waals surface area contributed by atoms with Gasteiger partial charge in [0.2, 0.25) is 0 Å². The van der Waals surface area contributed by atoms with Crippen LogP contribution in [-0.4, -0.2) is 55.9 Å². The Kier molecular flexibility index (Phi) is 9.37. The summed E-state index contributed by atoms with van der Waals surface area (Å²) in [6, 6.07) is 28.0. The van der Waals surface area contributed by atoms with Gasteiger partial charge in [0.15, 0.2) is 13.8 Å². The van der Waals surface area contributed by atoms with Crippen molar-refractivity contribution in [3.8, 4) is 11.5 Å². The number of hydrogen-bond donors (Lipinski definition) is 1. The van der Waals surface area contributed by atoms with E-state index in [-0.39, 0.29) is 23.3 Å². The van der Waals surface area contributed by atoms with Crippen LogP contribution in [0.5, 0.6) is 11.5 Å². The fourth-order valence-corrected chi connectivity index (χ4v) is 7.24. The maximum atomic E-state index is 12.5. The molecule has 0 unspecified atom stereocenters. The lowest BCUT2D eigenvalue weighted by atomic mass is 9.80. The molecular weight excluding hydrogens is 623 g/mol. The Labute approximate surface area is 282 Å². The van der Waals surface area contributed by atoms with Gasteiger partial charge in [0, 0.05) is 12.6 Å². The molecule has 3 heterocycles. The minimum atomic E-state index is -2.25. The van der Waals surface area contributed by atoms with Gasteiger partial charge in [-0.05, 0) is 65.2 Å². The summed E-state index contributed by atoms with van der Waals surface area (Å²) in [5.41, 5.74) is 2.60. The molecule has 1 radical (unpaired) electrons. The highest BCUT2D eigenvalue weighted by Crippen LogP contribution is 2.45. The molecule has 9 nitrogen and oxygen atoms in total. The number of pyridine rings is 1. The van der Waals surface area contributed by atoms with E-state index in [2.05, 4.69) is 62.4 Å². The van der Waals surface area contributed by atoms with Crippen molar-refractivity contribution in [3.63, 3.8) is 0 Å². The van der Waals surface area contributed by atoms with Crippen LogP contribution in [0.1, 0.15) is 43.7 Å². The number of rotatable bonds is 11. The number of nitrogens with zero attached hydrogens (tertiary/aromatic N) is 2. The molecule has 1 fully saturated rings. The Hall–Kier alpha value is -4.22. The first-order valence-electron chi connectivity index (χ1n) is 16.2. The average Bonchev–Trinajstić information content (AvgIpc) is 3.70. The van der Waals surface area contributed by atoms with Crippen LogP contribution < -0.4 is 15.0 Å². The second-order valence-electron chi connectivity index (χ2n) is 13.6. The van der Waals surface area contributed by atoms with E-state index in [0.29, 0.717) is 11.0 Å². The van der Waals surface area contributed by atoms with Crippen LogP contribution in [0.4, 0.5) is 0 Å². The van der Waals surface area contributed by atoms with Gasteiger partial charge in [-0.3, -0.25) is 4.79 Å². The molecule has 0 spiro atoms. The van der Waals surface area contributed by atoms with Crippen molar-refractivity contribution >= 4 is 19.4 Å². The SMILES string of the molecule is COc1ccc(C(OC[C@H]2O[C@@H](n3cnc4c(=O)[nH]ccc43)[CH][C@H]2O[Si](C)(C)C(C)(C)C)(c2ccccc2)c2ccc(OC)cc2)cc1. The van der Waals surface area contributed by atoms with Crippen molar-refractivity contribution in [2.75, 3.05) is 20.8 Å². The smallest absolute Gasteiger partial charge is 0.276 e. The van der Waals surface area contributed by atoms with Gasteiger partial charge in [0.25, 0.3) is 5.56 Å². The number of aromatic nitrogens is 3. The van der Waals surface area contributed by atoms with Crippen molar-refractivity contribution < 1.29 is 23.4 Å². The first-order chi connectivity index (χ1) is 23.0. The molecule has 0 bridgehead atoms. The van der Waals surface area contributed by atoms with Crippen molar-refractivity contribution in [1.82, 2.24) is 14.5 Å². The standard InChI is InChI=1S/C38H44N3O6Si/c1-37(2,3)48(6,7)47-32-23-34(41-25-40-35-31(41)21-22-39-36(35)42)46-33(32)24-45-38(26-11-9-8-10-12-26,27-13-17-29(43-4)18-14-27)28-15-19-30(44-5)20-16-28/h8-23,25,32-34H,24H2,1-7H3,(H,39,42)/t32-,33-,34-/m1/s1. The molecular formula is C38H44N3O6Si. The Morgan fingerprint density at radius 3 is 2.00 bits per heavy atom. The summed E-state index contributed by atoms with van der Waals surface area (Å²) < 4.78 is 34.0. The van der Waals surface area contributed by atoms with Gasteiger partial charge in [-0.2, -0.15) is 0 Å². The topological polar surface area (TPSA) is 96.8 Å². The Bertz CT molecular complexity index is 1830. The highest BCUT2D eigenvalue weighted by atomic mass is 28.4. The molecule has 5 aromatic rings. The Morgan fingerprint density at radius 2 is 1.44 bits per heavy atom. The van der Waals surface area contributed by atoms with Crippen LogP contribution in [0.3, 0.4) is 0 Å². The van der Waals surface area contributed by atoms with Gasteiger partial charge in [-0.25, -0.2) is 4.98 Å². The molecule has 2 aromatic heterocycles. The van der Waals surface area contributed by atoms with E-state index in [0.717, 1.165) is 28.2 Å². The molecule has 3 atom stereocenters. The average molecular weight is 667 g/mol. The monoisotopic (exact) mass is 666 g/mol. The van der Waals surface area contributed by atoms with Crippen molar-refractivity contribution in [3.05, 3.63) is 131 Å². The molecule has 10 heteroatoms. The fraction of sp³-hybridized carbons (Fsp3) is 0.342. The van der Waals surface area contributed by atoms with E-state index in [4.69, 9.17) is 23.4 Å². The van der Waals surface area contributed by atoms with Crippen molar-refractivity contribution in [1.29, 1.82) is 0 Å². The van der Waals surface area contributed by atoms with Crippen LogP contribution >= 0.6 is 0 Å². The van der Waals surface area contributed by atoms with Crippen LogP contribution in [0.25, 0.3) is 11.0 Å². The van der Waals surface area contributed by atoms with Crippen LogP contribution in [0, 0.1) is 6.42 Å². The Balaban J connectivity index is 1.43. The predicted molar refractivity (Wildman–Crippen MR) is 189 cm³/mol. The van der Waals surface area contributed by atoms with E-state index in [9.17, 15) is 4.79 Å². The van der Waals surface area contributed by atoms with E-state index in [1.165, 1.54) is 0 Å². The molecule has 251 valence electrons. The molecule has 1 saturated heterocycles. The second-order valence-corrected chi connectivity index (χ2v) is 18.4. The van der Waals surface area contributed by atoms with E-state index >= 15 is 0 Å². The zero-order valence-electron chi connectivity index (χ0n) is 28.6. The first kappa shape index (κ1) is 33.7. The van der Waals surface area contributed by atoms with Gasteiger partial charge in [0.05, 0.1) is 38.8 Å². The highest BCUT2D eigenvalue weighted by Gasteiger charge is 2.47. The van der Waals surface area contributed by atoms with Crippen LogP contribution in [0.15, 0.2) is 102 Å². The molecule has 48 heavy (non-hydrogen) atoms. The summed E-state index contributed by atoms with van der Waals surface area (Å²) in [7, 11) is 1.07. The predicted octanol–water partition coefficient (Wildman–Crippen LogP) is 7.24. The summed E-state index contributed by atoms with van der Waals surface area (Å²) >= 11 is 0. The number of H-pyrrole nitrogens is 1. The molecule has 3 aromatic carbocycles. The number of aromatic amines is 1.